The van der Waals surface area contributed by atoms with Crippen LogP contribution in [0.2, 0.25) is 0 Å². The van der Waals surface area contributed by atoms with E-state index in [2.05, 4.69) is 4.74 Å². The zero-order chi connectivity index (χ0) is 15.4. The Labute approximate surface area is 121 Å². The van der Waals surface area contributed by atoms with E-state index in [1.165, 1.54) is 18.1 Å². The van der Waals surface area contributed by atoms with E-state index >= 15 is 0 Å². The van der Waals surface area contributed by atoms with E-state index < -0.39 is 16.9 Å². The smallest absolute Gasteiger partial charge is 0.328 e. The third-order valence-corrected chi connectivity index (χ3v) is 3.58. The molecule has 1 atom stereocenters. The van der Waals surface area contributed by atoms with Crippen molar-refractivity contribution in [2.24, 2.45) is 0 Å². The summed E-state index contributed by atoms with van der Waals surface area (Å²) < 4.78 is 4.69. The molecule has 1 aliphatic rings. The molecule has 7 heteroatoms. The van der Waals surface area contributed by atoms with Crippen LogP contribution in [0.4, 0.5) is 5.69 Å². The summed E-state index contributed by atoms with van der Waals surface area (Å²) in [7, 11) is 1.28. The Kier molecular flexibility index (Phi) is 4.52. The van der Waals surface area contributed by atoms with Crippen molar-refractivity contribution in [2.75, 3.05) is 13.7 Å². The minimum atomic E-state index is -0.578. The van der Waals surface area contributed by atoms with Crippen LogP contribution >= 0.6 is 0 Å². The van der Waals surface area contributed by atoms with Gasteiger partial charge in [0, 0.05) is 18.2 Å². The average molecular weight is 292 g/mol. The fourth-order valence-electron chi connectivity index (χ4n) is 2.55. The standard InChI is InChI=1S/C14H16N2O5/c1-21-14(18)12-7-4-8-15(12)13(17)9-10-5-2-3-6-11(10)16(19)20/h2-3,5-6,12H,4,7-9H2,1H3. The Morgan fingerprint density at radius 1 is 1.43 bits per heavy atom. The molecule has 0 radical (unpaired) electrons. The number of benzene rings is 1. The summed E-state index contributed by atoms with van der Waals surface area (Å²) in [6.07, 6.45) is 1.20. The second-order valence-corrected chi connectivity index (χ2v) is 4.83. The fraction of sp³-hybridized carbons (Fsp3) is 0.429. The Balaban J connectivity index is 2.15. The van der Waals surface area contributed by atoms with Crippen molar-refractivity contribution in [3.8, 4) is 0 Å². The third-order valence-electron chi connectivity index (χ3n) is 3.58. The van der Waals surface area contributed by atoms with Gasteiger partial charge in [0.25, 0.3) is 5.69 Å². The van der Waals surface area contributed by atoms with Crippen LogP contribution in [-0.2, 0) is 20.7 Å². The molecular formula is C14H16N2O5. The van der Waals surface area contributed by atoms with E-state index in [9.17, 15) is 19.7 Å². The maximum atomic E-state index is 12.3. The van der Waals surface area contributed by atoms with Gasteiger partial charge in [0.2, 0.25) is 5.91 Å². The van der Waals surface area contributed by atoms with E-state index in [1.54, 1.807) is 18.2 Å². The number of ether oxygens (including phenoxy) is 1. The van der Waals surface area contributed by atoms with Crippen LogP contribution in [0.25, 0.3) is 0 Å². The number of amides is 1. The highest BCUT2D eigenvalue weighted by Crippen LogP contribution is 2.23. The molecule has 0 spiro atoms. The van der Waals surface area contributed by atoms with Gasteiger partial charge in [-0.1, -0.05) is 18.2 Å². The fourth-order valence-corrected chi connectivity index (χ4v) is 2.55. The molecule has 0 bridgehead atoms. The number of hydrogen-bond donors (Lipinski definition) is 0. The number of nitro benzene ring substituents is 1. The quantitative estimate of drug-likeness (QED) is 0.474. The van der Waals surface area contributed by atoms with Crippen molar-refractivity contribution >= 4 is 17.6 Å². The molecular weight excluding hydrogens is 276 g/mol. The molecule has 1 aromatic rings. The first-order chi connectivity index (χ1) is 10.0. The van der Waals surface area contributed by atoms with Crippen LogP contribution in [0.5, 0.6) is 0 Å². The zero-order valence-corrected chi connectivity index (χ0v) is 11.7. The molecule has 0 aromatic heterocycles. The van der Waals surface area contributed by atoms with Gasteiger partial charge in [0.05, 0.1) is 18.5 Å². The normalized spacial score (nSPS) is 17.6. The van der Waals surface area contributed by atoms with Crippen molar-refractivity contribution in [2.45, 2.75) is 25.3 Å². The lowest BCUT2D eigenvalue weighted by atomic mass is 10.1. The molecule has 0 saturated carbocycles. The first-order valence-electron chi connectivity index (χ1n) is 6.64. The zero-order valence-electron chi connectivity index (χ0n) is 11.7. The summed E-state index contributed by atoms with van der Waals surface area (Å²) in [6.45, 7) is 0.471. The summed E-state index contributed by atoms with van der Waals surface area (Å²) in [4.78, 5) is 35.8. The van der Waals surface area contributed by atoms with Gasteiger partial charge in [0.15, 0.2) is 0 Å². The van der Waals surface area contributed by atoms with Crippen molar-refractivity contribution in [1.82, 2.24) is 4.90 Å². The van der Waals surface area contributed by atoms with Crippen LogP contribution in [0.3, 0.4) is 0 Å². The van der Waals surface area contributed by atoms with Crippen molar-refractivity contribution in [1.29, 1.82) is 0 Å². The molecule has 1 saturated heterocycles. The Bertz CT molecular complexity index is 572. The van der Waals surface area contributed by atoms with Gasteiger partial charge in [0.1, 0.15) is 6.04 Å². The number of rotatable bonds is 4. The van der Waals surface area contributed by atoms with E-state index in [0.717, 1.165) is 6.42 Å². The SMILES string of the molecule is COC(=O)C1CCCN1C(=O)Cc1ccccc1[N+](=O)[O-]. The topological polar surface area (TPSA) is 89.8 Å². The number of hydrogen-bond acceptors (Lipinski definition) is 5. The summed E-state index contributed by atoms with van der Waals surface area (Å²) in [5.41, 5.74) is 0.266. The van der Waals surface area contributed by atoms with Gasteiger partial charge < -0.3 is 9.64 Å². The van der Waals surface area contributed by atoms with Gasteiger partial charge in [-0.2, -0.15) is 0 Å². The van der Waals surface area contributed by atoms with Crippen LogP contribution in [-0.4, -0.2) is 41.4 Å². The lowest BCUT2D eigenvalue weighted by Crippen LogP contribution is -2.41. The van der Waals surface area contributed by atoms with Gasteiger partial charge in [-0.05, 0) is 12.8 Å². The highest BCUT2D eigenvalue weighted by molar-refractivity contribution is 5.86. The number of methoxy groups -OCH3 is 1. The largest absolute Gasteiger partial charge is 0.467 e. The van der Waals surface area contributed by atoms with E-state index in [-0.39, 0.29) is 18.0 Å². The molecule has 0 aliphatic carbocycles. The van der Waals surface area contributed by atoms with Gasteiger partial charge in [-0.25, -0.2) is 4.79 Å². The number of para-hydroxylation sites is 1. The van der Waals surface area contributed by atoms with E-state index in [0.29, 0.717) is 18.5 Å². The van der Waals surface area contributed by atoms with Crippen molar-refractivity contribution in [3.63, 3.8) is 0 Å². The summed E-state index contributed by atoms with van der Waals surface area (Å²) in [5.74, 6) is -0.736. The molecule has 2 rings (SSSR count). The Morgan fingerprint density at radius 3 is 2.81 bits per heavy atom. The van der Waals surface area contributed by atoms with Crippen molar-refractivity contribution in [3.05, 3.63) is 39.9 Å². The van der Waals surface area contributed by atoms with Crippen LogP contribution in [0, 0.1) is 10.1 Å². The molecule has 7 nitrogen and oxygen atoms in total. The molecule has 1 heterocycles. The third kappa shape index (κ3) is 3.18. The molecule has 1 aromatic carbocycles. The predicted octanol–water partition coefficient (Wildman–Crippen LogP) is 1.30. The molecule has 1 fully saturated rings. The second kappa shape index (κ2) is 6.34. The molecule has 21 heavy (non-hydrogen) atoms. The molecule has 112 valence electrons. The monoisotopic (exact) mass is 292 g/mol. The highest BCUT2D eigenvalue weighted by Gasteiger charge is 2.35. The number of nitrogens with zero attached hydrogens (tertiary/aromatic N) is 2. The number of carbonyl (C=O) groups is 2. The lowest BCUT2D eigenvalue weighted by molar-refractivity contribution is -0.385. The molecule has 1 amide bonds. The Hall–Kier alpha value is -2.44. The Morgan fingerprint density at radius 2 is 2.14 bits per heavy atom. The number of esters is 1. The summed E-state index contributed by atoms with van der Waals surface area (Å²) in [5, 5.41) is 10.9. The molecule has 1 aliphatic heterocycles. The highest BCUT2D eigenvalue weighted by atomic mass is 16.6. The van der Waals surface area contributed by atoms with Crippen molar-refractivity contribution < 1.29 is 19.2 Å². The summed E-state index contributed by atoms with van der Waals surface area (Å²) in [6, 6.07) is 5.55. The van der Waals surface area contributed by atoms with Crippen LogP contribution in [0.15, 0.2) is 24.3 Å². The van der Waals surface area contributed by atoms with Crippen LogP contribution < -0.4 is 0 Å². The lowest BCUT2D eigenvalue weighted by Gasteiger charge is -2.22. The number of nitro groups is 1. The van der Waals surface area contributed by atoms with Gasteiger partial charge >= 0.3 is 5.97 Å². The van der Waals surface area contributed by atoms with Gasteiger partial charge in [-0.15, -0.1) is 0 Å². The maximum Gasteiger partial charge on any atom is 0.328 e. The first kappa shape index (κ1) is 15.0. The number of likely N-dealkylation sites (tertiary alicyclic amines) is 1. The minimum absolute atomic E-state index is 0.0836. The maximum absolute atomic E-state index is 12.3. The second-order valence-electron chi connectivity index (χ2n) is 4.83. The molecule has 1 unspecified atom stereocenters. The first-order valence-corrected chi connectivity index (χ1v) is 6.64. The minimum Gasteiger partial charge on any atom is -0.467 e. The van der Waals surface area contributed by atoms with Crippen LogP contribution in [0.1, 0.15) is 18.4 Å². The van der Waals surface area contributed by atoms with E-state index in [1.807, 2.05) is 0 Å². The van der Waals surface area contributed by atoms with E-state index in [4.69, 9.17) is 0 Å². The molecule has 0 N–H and O–H groups in total. The van der Waals surface area contributed by atoms with Gasteiger partial charge in [-0.3, -0.25) is 14.9 Å². The predicted molar refractivity (Wildman–Crippen MR) is 73.6 cm³/mol. The number of carbonyl (C=O) groups excluding carboxylic acids is 2. The average Bonchev–Trinajstić information content (AvgIpc) is 2.96. The summed E-state index contributed by atoms with van der Waals surface area (Å²) >= 11 is 0.